The number of nitrogens with two attached hydrogens (primary N) is 2. The van der Waals surface area contributed by atoms with Gasteiger partial charge in [0.2, 0.25) is 0 Å². The maximum absolute atomic E-state index is 9.73. The minimum atomic E-state index is -0.409. The van der Waals surface area contributed by atoms with E-state index in [1.165, 1.54) is 0 Å². The zero-order chi connectivity index (χ0) is 15.5. The predicted octanol–water partition coefficient (Wildman–Crippen LogP) is 1.55. The Hall–Kier alpha value is -2.27. The van der Waals surface area contributed by atoms with Crippen LogP contribution in [0.5, 0.6) is 0 Å². The molecule has 2 aromatic carbocycles. The van der Waals surface area contributed by atoms with Gasteiger partial charge in [0.1, 0.15) is 0 Å². The van der Waals surface area contributed by atoms with Crippen LogP contribution in [-0.4, -0.2) is 29.5 Å². The molecule has 0 saturated heterocycles. The highest BCUT2D eigenvalue weighted by Crippen LogP contribution is 2.29. The van der Waals surface area contributed by atoms with Gasteiger partial charge in [-0.25, -0.2) is 0 Å². The SMILES string of the molecule is NC1C(c2ccccc2)=NC(CO)=C(c2ccccc2)C1N. The van der Waals surface area contributed by atoms with Gasteiger partial charge in [0, 0.05) is 5.57 Å². The molecule has 3 rings (SSSR count). The highest BCUT2D eigenvalue weighted by atomic mass is 16.3. The van der Waals surface area contributed by atoms with Crippen molar-refractivity contribution >= 4 is 11.3 Å². The molecule has 0 aromatic heterocycles. The van der Waals surface area contributed by atoms with Gasteiger partial charge in [-0.2, -0.15) is 0 Å². The number of benzene rings is 2. The number of nitrogens with zero attached hydrogens (tertiary/aromatic N) is 1. The van der Waals surface area contributed by atoms with E-state index in [1.807, 2.05) is 60.7 Å². The van der Waals surface area contributed by atoms with Crippen LogP contribution in [0.15, 0.2) is 71.4 Å². The lowest BCUT2D eigenvalue weighted by molar-refractivity contribution is 0.329. The summed E-state index contributed by atoms with van der Waals surface area (Å²) in [6.07, 6.45) is 0. The molecular formula is C18H19N3O. The van der Waals surface area contributed by atoms with Crippen LogP contribution in [-0.2, 0) is 0 Å². The second-order valence-electron chi connectivity index (χ2n) is 5.30. The molecule has 0 bridgehead atoms. The van der Waals surface area contributed by atoms with Gasteiger partial charge < -0.3 is 16.6 Å². The summed E-state index contributed by atoms with van der Waals surface area (Å²) in [7, 11) is 0. The standard InChI is InChI=1S/C18H19N3O/c19-16-15(12-7-3-1-4-8-12)14(11-22)21-18(17(16)20)13-9-5-2-6-10-13/h1-10,16-17,22H,11,19-20H2. The van der Waals surface area contributed by atoms with Crippen molar-refractivity contribution in [2.75, 3.05) is 6.61 Å². The fourth-order valence-corrected chi connectivity index (χ4v) is 2.79. The number of aliphatic hydroxyl groups excluding tert-OH is 1. The van der Waals surface area contributed by atoms with E-state index >= 15 is 0 Å². The molecule has 0 radical (unpaired) electrons. The summed E-state index contributed by atoms with van der Waals surface area (Å²) in [6.45, 7) is -0.166. The van der Waals surface area contributed by atoms with E-state index in [0.717, 1.165) is 22.4 Å². The van der Waals surface area contributed by atoms with E-state index < -0.39 is 12.1 Å². The first-order valence-corrected chi connectivity index (χ1v) is 7.27. The zero-order valence-corrected chi connectivity index (χ0v) is 12.2. The maximum Gasteiger partial charge on any atom is 0.0856 e. The van der Waals surface area contributed by atoms with E-state index in [1.54, 1.807) is 0 Å². The molecule has 4 nitrogen and oxygen atoms in total. The third-order valence-corrected chi connectivity index (χ3v) is 3.91. The van der Waals surface area contributed by atoms with E-state index in [9.17, 15) is 5.11 Å². The Balaban J connectivity index is 2.13. The molecule has 0 fully saturated rings. The number of aliphatic hydroxyl groups is 1. The van der Waals surface area contributed by atoms with Crippen molar-refractivity contribution in [3.8, 4) is 0 Å². The molecule has 0 aliphatic carbocycles. The molecule has 1 aliphatic rings. The van der Waals surface area contributed by atoms with Crippen LogP contribution in [0.3, 0.4) is 0 Å². The molecule has 1 aliphatic heterocycles. The first-order valence-electron chi connectivity index (χ1n) is 7.27. The van der Waals surface area contributed by atoms with Gasteiger partial charge in [0.05, 0.1) is 30.1 Å². The molecule has 2 unspecified atom stereocenters. The van der Waals surface area contributed by atoms with Crippen molar-refractivity contribution < 1.29 is 5.11 Å². The third-order valence-electron chi connectivity index (χ3n) is 3.91. The molecule has 0 saturated carbocycles. The van der Waals surface area contributed by atoms with Crippen molar-refractivity contribution in [1.82, 2.24) is 0 Å². The Bertz CT molecular complexity index is 708. The van der Waals surface area contributed by atoms with E-state index in [0.29, 0.717) is 5.70 Å². The van der Waals surface area contributed by atoms with Crippen LogP contribution in [0.25, 0.3) is 5.57 Å². The maximum atomic E-state index is 9.73. The summed E-state index contributed by atoms with van der Waals surface area (Å²) in [6, 6.07) is 18.6. The Morgan fingerprint density at radius 2 is 1.36 bits per heavy atom. The van der Waals surface area contributed by atoms with Gasteiger partial charge in [-0.3, -0.25) is 4.99 Å². The molecule has 112 valence electrons. The monoisotopic (exact) mass is 293 g/mol. The smallest absolute Gasteiger partial charge is 0.0856 e. The molecule has 1 heterocycles. The average Bonchev–Trinajstić information content (AvgIpc) is 2.58. The van der Waals surface area contributed by atoms with Crippen molar-refractivity contribution in [1.29, 1.82) is 0 Å². The lowest BCUT2D eigenvalue weighted by Crippen LogP contribution is -2.50. The summed E-state index contributed by atoms with van der Waals surface area (Å²) in [5, 5.41) is 9.73. The van der Waals surface area contributed by atoms with Gasteiger partial charge in [0.25, 0.3) is 0 Å². The Labute approximate surface area is 129 Å². The van der Waals surface area contributed by atoms with Gasteiger partial charge in [-0.1, -0.05) is 60.7 Å². The summed E-state index contributed by atoms with van der Waals surface area (Å²) in [5.74, 6) is 0. The molecular weight excluding hydrogens is 274 g/mol. The van der Waals surface area contributed by atoms with Gasteiger partial charge in [-0.05, 0) is 11.1 Å². The average molecular weight is 293 g/mol. The highest BCUT2D eigenvalue weighted by Gasteiger charge is 2.31. The molecule has 2 aromatic rings. The van der Waals surface area contributed by atoms with E-state index in [4.69, 9.17) is 11.5 Å². The largest absolute Gasteiger partial charge is 0.390 e. The van der Waals surface area contributed by atoms with Crippen LogP contribution in [0, 0.1) is 0 Å². The molecule has 0 spiro atoms. The quantitative estimate of drug-likeness (QED) is 0.802. The fourth-order valence-electron chi connectivity index (χ4n) is 2.79. The van der Waals surface area contributed by atoms with Crippen LogP contribution in [0.2, 0.25) is 0 Å². The first kappa shape index (κ1) is 14.7. The zero-order valence-electron chi connectivity index (χ0n) is 12.2. The summed E-state index contributed by atoms with van der Waals surface area (Å²) in [5.41, 5.74) is 16.7. The third kappa shape index (κ3) is 2.60. The second kappa shape index (κ2) is 6.23. The van der Waals surface area contributed by atoms with Crippen molar-refractivity contribution in [2.24, 2.45) is 16.5 Å². The van der Waals surface area contributed by atoms with Gasteiger partial charge in [-0.15, -0.1) is 0 Å². The van der Waals surface area contributed by atoms with Crippen LogP contribution in [0.1, 0.15) is 11.1 Å². The number of aliphatic imine (C=N–C) groups is 1. The predicted molar refractivity (Wildman–Crippen MR) is 89.4 cm³/mol. The van der Waals surface area contributed by atoms with E-state index in [2.05, 4.69) is 4.99 Å². The molecule has 22 heavy (non-hydrogen) atoms. The van der Waals surface area contributed by atoms with Crippen molar-refractivity contribution in [3.63, 3.8) is 0 Å². The van der Waals surface area contributed by atoms with E-state index in [-0.39, 0.29) is 6.61 Å². The number of rotatable bonds is 3. The Morgan fingerprint density at radius 3 is 1.91 bits per heavy atom. The van der Waals surface area contributed by atoms with Crippen LogP contribution < -0.4 is 11.5 Å². The number of hydrogen-bond acceptors (Lipinski definition) is 4. The summed E-state index contributed by atoms with van der Waals surface area (Å²) < 4.78 is 0. The van der Waals surface area contributed by atoms with Crippen LogP contribution >= 0.6 is 0 Å². The van der Waals surface area contributed by atoms with Gasteiger partial charge in [0.15, 0.2) is 0 Å². The number of hydrogen-bond donors (Lipinski definition) is 3. The fraction of sp³-hybridized carbons (Fsp3) is 0.167. The lowest BCUT2D eigenvalue weighted by Gasteiger charge is -2.30. The molecule has 5 N–H and O–H groups in total. The van der Waals surface area contributed by atoms with Crippen molar-refractivity contribution in [2.45, 2.75) is 12.1 Å². The minimum Gasteiger partial charge on any atom is -0.390 e. The van der Waals surface area contributed by atoms with Gasteiger partial charge >= 0.3 is 0 Å². The normalized spacial score (nSPS) is 21.7. The molecule has 4 heteroatoms. The summed E-state index contributed by atoms with van der Waals surface area (Å²) in [4.78, 5) is 4.60. The second-order valence-corrected chi connectivity index (χ2v) is 5.30. The Morgan fingerprint density at radius 1 is 0.818 bits per heavy atom. The minimum absolute atomic E-state index is 0.166. The topological polar surface area (TPSA) is 84.6 Å². The Kier molecular flexibility index (Phi) is 4.15. The molecule has 0 amide bonds. The van der Waals surface area contributed by atoms with Crippen LogP contribution in [0.4, 0.5) is 0 Å². The first-order chi connectivity index (χ1) is 10.7. The molecule has 2 atom stereocenters. The highest BCUT2D eigenvalue weighted by molar-refractivity contribution is 6.08. The summed E-state index contributed by atoms with van der Waals surface area (Å²) >= 11 is 0. The van der Waals surface area contributed by atoms with Crippen molar-refractivity contribution in [3.05, 3.63) is 77.5 Å². The lowest BCUT2D eigenvalue weighted by atomic mass is 9.85.